The Labute approximate surface area is 104 Å². The van der Waals surface area contributed by atoms with E-state index in [2.05, 4.69) is 6.92 Å². The zero-order valence-electron chi connectivity index (χ0n) is 11.5. The molecule has 0 spiro atoms. The summed E-state index contributed by atoms with van der Waals surface area (Å²) in [6.45, 7) is 9.33. The topological polar surface area (TPSA) is 55.6 Å². The van der Waals surface area contributed by atoms with Gasteiger partial charge in [0.15, 0.2) is 0 Å². The number of rotatable bonds is 3. The SMILES string of the molecule is CCCC(N)C1CCN(C(=O)OC(C)(C)C)C1. The minimum absolute atomic E-state index is 0.205. The lowest BCUT2D eigenvalue weighted by Crippen LogP contribution is -2.37. The Morgan fingerprint density at radius 1 is 1.53 bits per heavy atom. The van der Waals surface area contributed by atoms with E-state index in [1.165, 1.54) is 0 Å². The van der Waals surface area contributed by atoms with Crippen molar-refractivity contribution < 1.29 is 9.53 Å². The third kappa shape index (κ3) is 4.54. The van der Waals surface area contributed by atoms with Gasteiger partial charge in [0.05, 0.1) is 0 Å². The van der Waals surface area contributed by atoms with E-state index in [4.69, 9.17) is 10.5 Å². The molecule has 0 aromatic carbocycles. The van der Waals surface area contributed by atoms with Gasteiger partial charge in [-0.05, 0) is 39.5 Å². The summed E-state index contributed by atoms with van der Waals surface area (Å²) >= 11 is 0. The first-order valence-electron chi connectivity index (χ1n) is 6.57. The third-order valence-electron chi connectivity index (χ3n) is 3.10. The molecule has 0 aromatic heterocycles. The average Bonchev–Trinajstić information content (AvgIpc) is 2.63. The number of likely N-dealkylation sites (tertiary alicyclic amines) is 1. The molecule has 17 heavy (non-hydrogen) atoms. The lowest BCUT2D eigenvalue weighted by molar-refractivity contribution is 0.0286. The van der Waals surface area contributed by atoms with E-state index in [-0.39, 0.29) is 12.1 Å². The summed E-state index contributed by atoms with van der Waals surface area (Å²) in [5.74, 6) is 0.433. The molecule has 4 nitrogen and oxygen atoms in total. The number of amides is 1. The summed E-state index contributed by atoms with van der Waals surface area (Å²) in [4.78, 5) is 13.6. The normalized spacial score (nSPS) is 22.6. The van der Waals surface area contributed by atoms with Crippen LogP contribution in [0.15, 0.2) is 0 Å². The Morgan fingerprint density at radius 2 is 2.18 bits per heavy atom. The molecule has 2 atom stereocenters. The first-order chi connectivity index (χ1) is 7.83. The average molecular weight is 242 g/mol. The molecule has 2 N–H and O–H groups in total. The van der Waals surface area contributed by atoms with E-state index < -0.39 is 5.60 Å². The minimum atomic E-state index is -0.416. The molecule has 0 aromatic rings. The Hall–Kier alpha value is -0.770. The fourth-order valence-electron chi connectivity index (χ4n) is 2.20. The van der Waals surface area contributed by atoms with Gasteiger partial charge in [-0.25, -0.2) is 4.79 Å². The number of carbonyl (C=O) groups excluding carboxylic acids is 1. The van der Waals surface area contributed by atoms with E-state index in [1.54, 1.807) is 4.90 Å². The molecule has 1 saturated heterocycles. The largest absolute Gasteiger partial charge is 0.444 e. The molecule has 1 rings (SSSR count). The van der Waals surface area contributed by atoms with Crippen LogP contribution in [-0.2, 0) is 4.74 Å². The van der Waals surface area contributed by atoms with Crippen LogP contribution in [0.1, 0.15) is 47.0 Å². The standard InChI is InChI=1S/C13H26N2O2/c1-5-6-11(14)10-7-8-15(9-10)12(16)17-13(2,3)4/h10-11H,5-9,14H2,1-4H3. The van der Waals surface area contributed by atoms with Crippen LogP contribution in [0, 0.1) is 5.92 Å². The van der Waals surface area contributed by atoms with Gasteiger partial charge < -0.3 is 15.4 Å². The molecule has 1 aliphatic rings. The molecule has 1 fully saturated rings. The van der Waals surface area contributed by atoms with E-state index in [0.717, 1.165) is 32.4 Å². The van der Waals surface area contributed by atoms with Crippen molar-refractivity contribution in [2.45, 2.75) is 58.6 Å². The smallest absolute Gasteiger partial charge is 0.410 e. The monoisotopic (exact) mass is 242 g/mol. The van der Waals surface area contributed by atoms with Crippen molar-refractivity contribution in [3.8, 4) is 0 Å². The number of nitrogens with two attached hydrogens (primary N) is 1. The van der Waals surface area contributed by atoms with Crippen LogP contribution in [0.4, 0.5) is 4.79 Å². The van der Waals surface area contributed by atoms with Crippen molar-refractivity contribution >= 4 is 6.09 Å². The highest BCUT2D eigenvalue weighted by Gasteiger charge is 2.32. The Kier molecular flexibility index (Phi) is 4.80. The fraction of sp³-hybridized carbons (Fsp3) is 0.923. The van der Waals surface area contributed by atoms with Crippen molar-refractivity contribution in [2.75, 3.05) is 13.1 Å². The minimum Gasteiger partial charge on any atom is -0.444 e. The number of nitrogens with zero attached hydrogens (tertiary/aromatic N) is 1. The van der Waals surface area contributed by atoms with Crippen molar-refractivity contribution in [2.24, 2.45) is 11.7 Å². The maximum absolute atomic E-state index is 11.8. The Morgan fingerprint density at radius 3 is 2.71 bits per heavy atom. The fourth-order valence-corrected chi connectivity index (χ4v) is 2.20. The van der Waals surface area contributed by atoms with Crippen molar-refractivity contribution in [3.63, 3.8) is 0 Å². The molecule has 1 amide bonds. The van der Waals surface area contributed by atoms with E-state index in [9.17, 15) is 4.79 Å². The lowest BCUT2D eigenvalue weighted by Gasteiger charge is -2.25. The highest BCUT2D eigenvalue weighted by molar-refractivity contribution is 5.68. The van der Waals surface area contributed by atoms with Gasteiger partial charge in [0.25, 0.3) is 0 Å². The van der Waals surface area contributed by atoms with Gasteiger partial charge >= 0.3 is 6.09 Å². The van der Waals surface area contributed by atoms with Gasteiger partial charge in [0, 0.05) is 19.1 Å². The second-order valence-corrected chi connectivity index (χ2v) is 5.93. The summed E-state index contributed by atoms with van der Waals surface area (Å²) in [6, 6.07) is 0.215. The highest BCUT2D eigenvalue weighted by Crippen LogP contribution is 2.22. The molecule has 4 heteroatoms. The molecule has 0 radical (unpaired) electrons. The second kappa shape index (κ2) is 5.71. The number of hydrogen-bond acceptors (Lipinski definition) is 3. The van der Waals surface area contributed by atoms with Crippen LogP contribution in [0.25, 0.3) is 0 Å². The van der Waals surface area contributed by atoms with Gasteiger partial charge in [-0.1, -0.05) is 13.3 Å². The van der Waals surface area contributed by atoms with E-state index in [0.29, 0.717) is 5.92 Å². The van der Waals surface area contributed by atoms with Gasteiger partial charge in [0.1, 0.15) is 5.60 Å². The number of ether oxygens (including phenoxy) is 1. The maximum atomic E-state index is 11.8. The van der Waals surface area contributed by atoms with Crippen molar-refractivity contribution in [1.82, 2.24) is 4.90 Å². The molecule has 0 bridgehead atoms. The molecular weight excluding hydrogens is 216 g/mol. The molecule has 0 aliphatic carbocycles. The van der Waals surface area contributed by atoms with Crippen LogP contribution in [0.2, 0.25) is 0 Å². The molecule has 1 heterocycles. The zero-order valence-corrected chi connectivity index (χ0v) is 11.5. The van der Waals surface area contributed by atoms with E-state index >= 15 is 0 Å². The molecule has 0 saturated carbocycles. The summed E-state index contributed by atoms with van der Waals surface area (Å²) in [7, 11) is 0. The Bertz CT molecular complexity index is 261. The highest BCUT2D eigenvalue weighted by atomic mass is 16.6. The predicted octanol–water partition coefficient (Wildman–Crippen LogP) is 2.37. The summed E-state index contributed by atoms with van der Waals surface area (Å²) in [5.41, 5.74) is 5.68. The van der Waals surface area contributed by atoms with Crippen LogP contribution in [-0.4, -0.2) is 35.7 Å². The predicted molar refractivity (Wildman–Crippen MR) is 68.8 cm³/mol. The zero-order chi connectivity index (χ0) is 13.1. The molecular formula is C13H26N2O2. The number of carbonyl (C=O) groups is 1. The maximum Gasteiger partial charge on any atom is 0.410 e. The van der Waals surface area contributed by atoms with Crippen LogP contribution in [0.3, 0.4) is 0 Å². The van der Waals surface area contributed by atoms with Crippen LogP contribution < -0.4 is 5.73 Å². The first kappa shape index (κ1) is 14.3. The van der Waals surface area contributed by atoms with Crippen LogP contribution in [0.5, 0.6) is 0 Å². The second-order valence-electron chi connectivity index (χ2n) is 5.93. The summed E-state index contributed by atoms with van der Waals surface area (Å²) < 4.78 is 5.36. The van der Waals surface area contributed by atoms with E-state index in [1.807, 2.05) is 20.8 Å². The third-order valence-corrected chi connectivity index (χ3v) is 3.10. The quantitative estimate of drug-likeness (QED) is 0.826. The van der Waals surface area contributed by atoms with Gasteiger partial charge in [0.2, 0.25) is 0 Å². The molecule has 1 aliphatic heterocycles. The van der Waals surface area contributed by atoms with Crippen LogP contribution >= 0.6 is 0 Å². The van der Waals surface area contributed by atoms with Crippen molar-refractivity contribution in [3.05, 3.63) is 0 Å². The lowest BCUT2D eigenvalue weighted by atomic mass is 9.96. The Balaban J connectivity index is 2.42. The van der Waals surface area contributed by atoms with Gasteiger partial charge in [-0.15, -0.1) is 0 Å². The number of hydrogen-bond donors (Lipinski definition) is 1. The summed E-state index contributed by atoms with van der Waals surface area (Å²) in [5, 5.41) is 0. The van der Waals surface area contributed by atoms with Gasteiger partial charge in [-0.2, -0.15) is 0 Å². The van der Waals surface area contributed by atoms with Gasteiger partial charge in [-0.3, -0.25) is 0 Å². The summed E-state index contributed by atoms with van der Waals surface area (Å²) in [6.07, 6.45) is 2.93. The molecule has 2 unspecified atom stereocenters. The molecule has 100 valence electrons. The van der Waals surface area contributed by atoms with Crippen molar-refractivity contribution in [1.29, 1.82) is 0 Å². The first-order valence-corrected chi connectivity index (χ1v) is 6.57.